The first kappa shape index (κ1) is 20.0. The lowest BCUT2D eigenvalue weighted by atomic mass is 10.1. The number of aromatic nitrogens is 3. The molecule has 4 rings (SSSR count). The minimum atomic E-state index is -0.429. The van der Waals surface area contributed by atoms with Crippen molar-refractivity contribution in [3.05, 3.63) is 64.2 Å². The van der Waals surface area contributed by atoms with E-state index >= 15 is 0 Å². The Morgan fingerprint density at radius 2 is 1.87 bits per heavy atom. The summed E-state index contributed by atoms with van der Waals surface area (Å²) in [6, 6.07) is 11.3. The van der Waals surface area contributed by atoms with Gasteiger partial charge in [-0.3, -0.25) is 15.0 Å². The number of anilines is 1. The van der Waals surface area contributed by atoms with E-state index in [1.165, 1.54) is 17.8 Å². The van der Waals surface area contributed by atoms with E-state index in [1.54, 1.807) is 6.07 Å². The topological polar surface area (TPSA) is 101 Å². The van der Waals surface area contributed by atoms with Gasteiger partial charge in [0.15, 0.2) is 0 Å². The molecule has 9 nitrogen and oxygen atoms in total. The van der Waals surface area contributed by atoms with E-state index < -0.39 is 4.92 Å². The van der Waals surface area contributed by atoms with E-state index in [4.69, 9.17) is 4.52 Å². The molecule has 1 aliphatic rings. The number of nitro groups is 1. The Morgan fingerprint density at radius 3 is 2.53 bits per heavy atom. The Kier molecular flexibility index (Phi) is 5.99. The van der Waals surface area contributed by atoms with Crippen LogP contribution in [0, 0.1) is 17.0 Å². The van der Waals surface area contributed by atoms with Crippen LogP contribution in [0.1, 0.15) is 17.9 Å². The highest BCUT2D eigenvalue weighted by atomic mass is 16.6. The summed E-state index contributed by atoms with van der Waals surface area (Å²) in [7, 11) is 0. The molecule has 9 heteroatoms. The Balaban J connectivity index is 1.22. The molecule has 0 amide bonds. The Bertz CT molecular complexity index is 979. The highest BCUT2D eigenvalue weighted by Gasteiger charge is 2.19. The first-order chi connectivity index (χ1) is 14.6. The Labute approximate surface area is 174 Å². The first-order valence-electron chi connectivity index (χ1n) is 10.1. The molecule has 0 aliphatic carbocycles. The van der Waals surface area contributed by atoms with Gasteiger partial charge in [-0.25, -0.2) is 4.98 Å². The van der Waals surface area contributed by atoms with Crippen LogP contribution in [-0.4, -0.2) is 57.7 Å². The molecule has 1 saturated heterocycles. The fourth-order valence-electron chi connectivity index (χ4n) is 3.50. The fourth-order valence-corrected chi connectivity index (χ4v) is 3.50. The van der Waals surface area contributed by atoms with Crippen molar-refractivity contribution >= 4 is 11.5 Å². The largest absolute Gasteiger partial charge is 0.354 e. The minimum Gasteiger partial charge on any atom is -0.354 e. The van der Waals surface area contributed by atoms with E-state index in [-0.39, 0.29) is 5.69 Å². The van der Waals surface area contributed by atoms with E-state index in [9.17, 15) is 10.1 Å². The monoisotopic (exact) mass is 408 g/mol. The molecule has 1 fully saturated rings. The Morgan fingerprint density at radius 1 is 1.10 bits per heavy atom. The number of rotatable bonds is 7. The molecule has 0 atom stereocenters. The average molecular weight is 408 g/mol. The van der Waals surface area contributed by atoms with Crippen molar-refractivity contribution < 1.29 is 9.45 Å². The van der Waals surface area contributed by atoms with Crippen LogP contribution < -0.4 is 4.90 Å². The van der Waals surface area contributed by atoms with E-state index in [0.717, 1.165) is 56.9 Å². The fraction of sp³-hybridized carbons (Fsp3) is 0.381. The molecule has 1 aromatic carbocycles. The third kappa shape index (κ3) is 4.80. The summed E-state index contributed by atoms with van der Waals surface area (Å²) in [5.74, 6) is 2.09. The lowest BCUT2D eigenvalue weighted by Crippen LogP contribution is -2.47. The molecular formula is C21H24N6O3. The van der Waals surface area contributed by atoms with E-state index in [1.807, 2.05) is 31.2 Å². The summed E-state index contributed by atoms with van der Waals surface area (Å²) in [6.45, 7) is 6.57. The molecule has 1 aliphatic heterocycles. The number of piperazine rings is 1. The van der Waals surface area contributed by atoms with Gasteiger partial charge in [0, 0.05) is 44.2 Å². The second kappa shape index (κ2) is 9.00. The van der Waals surface area contributed by atoms with Gasteiger partial charge in [-0.05, 0) is 26.0 Å². The van der Waals surface area contributed by atoms with E-state index in [2.05, 4.69) is 24.9 Å². The molecule has 2 aromatic heterocycles. The maximum absolute atomic E-state index is 10.8. The standard InChI is InChI=1S/C21H24N6O3/c1-16-4-6-17(7-5-16)21-23-20(30-24-21)3-2-10-25-11-13-26(14-12-25)19-9-8-18(15-22-19)27(28)29/h4-9,15H,2-3,10-14H2,1H3. The molecule has 0 spiro atoms. The number of hydrogen-bond acceptors (Lipinski definition) is 8. The van der Waals surface area contributed by atoms with Crippen LogP contribution in [0.15, 0.2) is 47.1 Å². The number of benzene rings is 1. The maximum Gasteiger partial charge on any atom is 0.287 e. The van der Waals surface area contributed by atoms with Crippen LogP contribution in [0.3, 0.4) is 0 Å². The second-order valence-electron chi connectivity index (χ2n) is 7.44. The van der Waals surface area contributed by atoms with Gasteiger partial charge in [0.25, 0.3) is 5.69 Å². The SMILES string of the molecule is Cc1ccc(-c2noc(CCCN3CCN(c4ccc([N+](=O)[O-])cn4)CC3)n2)cc1. The van der Waals surface area contributed by atoms with Crippen LogP contribution in [0.2, 0.25) is 0 Å². The van der Waals surface area contributed by atoms with Gasteiger partial charge in [0.1, 0.15) is 12.0 Å². The summed E-state index contributed by atoms with van der Waals surface area (Å²) in [5, 5.41) is 14.8. The molecule has 0 saturated carbocycles. The molecule has 0 unspecified atom stereocenters. The quantitative estimate of drug-likeness (QED) is 0.434. The van der Waals surface area contributed by atoms with Crippen molar-refractivity contribution in [2.24, 2.45) is 0 Å². The summed E-state index contributed by atoms with van der Waals surface area (Å²) in [6.07, 6.45) is 3.02. The van der Waals surface area contributed by atoms with Crippen LogP contribution in [-0.2, 0) is 6.42 Å². The molecule has 0 N–H and O–H groups in total. The van der Waals surface area contributed by atoms with Crippen LogP contribution >= 0.6 is 0 Å². The maximum atomic E-state index is 10.8. The zero-order valence-electron chi connectivity index (χ0n) is 16.9. The number of hydrogen-bond donors (Lipinski definition) is 0. The summed E-state index contributed by atoms with van der Waals surface area (Å²) in [5.41, 5.74) is 2.18. The summed E-state index contributed by atoms with van der Waals surface area (Å²) in [4.78, 5) is 23.6. The zero-order chi connectivity index (χ0) is 20.9. The Hall–Kier alpha value is -3.33. The second-order valence-corrected chi connectivity index (χ2v) is 7.44. The van der Waals surface area contributed by atoms with Crippen molar-refractivity contribution in [2.45, 2.75) is 19.8 Å². The van der Waals surface area contributed by atoms with Gasteiger partial charge in [-0.15, -0.1) is 0 Å². The average Bonchev–Trinajstić information content (AvgIpc) is 3.24. The normalized spacial score (nSPS) is 14.8. The highest BCUT2D eigenvalue weighted by molar-refractivity contribution is 5.54. The van der Waals surface area contributed by atoms with Gasteiger partial charge >= 0.3 is 0 Å². The van der Waals surface area contributed by atoms with Crippen LogP contribution in [0.25, 0.3) is 11.4 Å². The molecule has 30 heavy (non-hydrogen) atoms. The molecule has 0 radical (unpaired) electrons. The smallest absolute Gasteiger partial charge is 0.287 e. The van der Waals surface area contributed by atoms with Crippen molar-refractivity contribution in [2.75, 3.05) is 37.6 Å². The summed E-state index contributed by atoms with van der Waals surface area (Å²) < 4.78 is 5.40. The lowest BCUT2D eigenvalue weighted by molar-refractivity contribution is -0.385. The van der Waals surface area contributed by atoms with Crippen LogP contribution in [0.4, 0.5) is 11.5 Å². The lowest BCUT2D eigenvalue weighted by Gasteiger charge is -2.35. The summed E-state index contributed by atoms with van der Waals surface area (Å²) >= 11 is 0. The number of nitrogens with zero attached hydrogens (tertiary/aromatic N) is 6. The van der Waals surface area contributed by atoms with Gasteiger partial charge in [-0.1, -0.05) is 35.0 Å². The van der Waals surface area contributed by atoms with Gasteiger partial charge in [0.2, 0.25) is 11.7 Å². The predicted octanol–water partition coefficient (Wildman–Crippen LogP) is 3.10. The van der Waals surface area contributed by atoms with Gasteiger partial charge in [-0.2, -0.15) is 4.98 Å². The van der Waals surface area contributed by atoms with Crippen molar-refractivity contribution in [3.63, 3.8) is 0 Å². The molecule has 156 valence electrons. The zero-order valence-corrected chi connectivity index (χ0v) is 16.9. The van der Waals surface area contributed by atoms with Gasteiger partial charge in [0.05, 0.1) is 4.92 Å². The number of aryl methyl sites for hydroxylation is 2. The molecule has 0 bridgehead atoms. The minimum absolute atomic E-state index is 0.0175. The number of pyridine rings is 1. The third-order valence-electron chi connectivity index (χ3n) is 5.28. The predicted molar refractivity (Wildman–Crippen MR) is 112 cm³/mol. The van der Waals surface area contributed by atoms with Crippen molar-refractivity contribution in [1.82, 2.24) is 20.0 Å². The van der Waals surface area contributed by atoms with Gasteiger partial charge < -0.3 is 9.42 Å². The highest BCUT2D eigenvalue weighted by Crippen LogP contribution is 2.19. The first-order valence-corrected chi connectivity index (χ1v) is 10.1. The molecule has 3 aromatic rings. The molecular weight excluding hydrogens is 384 g/mol. The van der Waals surface area contributed by atoms with Crippen molar-refractivity contribution in [1.29, 1.82) is 0 Å². The van der Waals surface area contributed by atoms with Crippen LogP contribution in [0.5, 0.6) is 0 Å². The third-order valence-corrected chi connectivity index (χ3v) is 5.28. The molecule has 3 heterocycles. The van der Waals surface area contributed by atoms with Crippen molar-refractivity contribution in [3.8, 4) is 11.4 Å². The van der Waals surface area contributed by atoms with E-state index in [0.29, 0.717) is 11.7 Å².